The molecule has 0 saturated heterocycles. The van der Waals surface area contributed by atoms with Gasteiger partial charge in [-0.3, -0.25) is 9.59 Å². The molecule has 5 nitrogen and oxygen atoms in total. The molecule has 1 saturated carbocycles. The number of hydrogen-bond donors (Lipinski definition) is 2. The van der Waals surface area contributed by atoms with Crippen molar-refractivity contribution in [3.05, 3.63) is 70.7 Å². The molecule has 4 rings (SSSR count). The molecule has 1 aliphatic rings. The lowest BCUT2D eigenvalue weighted by molar-refractivity contribution is -0.115. The fourth-order valence-electron chi connectivity index (χ4n) is 2.97. The third-order valence-corrected chi connectivity index (χ3v) is 5.79. The van der Waals surface area contributed by atoms with Gasteiger partial charge in [-0.15, -0.1) is 11.3 Å². The predicted octanol–water partition coefficient (Wildman–Crippen LogP) is 4.45. The van der Waals surface area contributed by atoms with Gasteiger partial charge in [0.2, 0.25) is 5.91 Å². The van der Waals surface area contributed by atoms with Gasteiger partial charge < -0.3 is 10.6 Å². The van der Waals surface area contributed by atoms with Crippen LogP contribution in [0.25, 0.3) is 10.6 Å². The topological polar surface area (TPSA) is 71.1 Å². The number of anilines is 1. The van der Waals surface area contributed by atoms with E-state index in [1.807, 2.05) is 5.38 Å². The lowest BCUT2D eigenvalue weighted by Crippen LogP contribution is -2.25. The average Bonchev–Trinajstić information content (AvgIpc) is 3.43. The van der Waals surface area contributed by atoms with E-state index in [4.69, 9.17) is 0 Å². The minimum Gasteiger partial charge on any atom is -0.349 e. The molecule has 0 aliphatic heterocycles. The quantitative estimate of drug-likeness (QED) is 0.610. The first-order valence-corrected chi connectivity index (χ1v) is 10.7. The third-order valence-electron chi connectivity index (χ3n) is 4.85. The summed E-state index contributed by atoms with van der Waals surface area (Å²) in [5.74, 6) is -0.189. The number of rotatable bonds is 7. The zero-order chi connectivity index (χ0) is 20.2. The maximum atomic E-state index is 12.4. The fraction of sp³-hybridized carbons (Fsp3) is 0.261. The standard InChI is InChI=1S/C23H23N3O2S/c1-2-15-3-5-17(6-4-15)23-26-20(14-29-23)13-21(27)24-18-9-7-16(8-10-18)22(28)25-19-11-12-19/h3-10,14,19H,2,11-13H2,1H3,(H,24,27)(H,25,28). The summed E-state index contributed by atoms with van der Waals surface area (Å²) in [6, 6.07) is 15.7. The van der Waals surface area contributed by atoms with E-state index < -0.39 is 0 Å². The molecule has 29 heavy (non-hydrogen) atoms. The molecule has 2 aromatic carbocycles. The predicted molar refractivity (Wildman–Crippen MR) is 116 cm³/mol. The molecule has 0 atom stereocenters. The molecule has 148 valence electrons. The highest BCUT2D eigenvalue weighted by Gasteiger charge is 2.23. The molecule has 1 heterocycles. The molecule has 1 aromatic heterocycles. The first kappa shape index (κ1) is 19.3. The van der Waals surface area contributed by atoms with Crippen molar-refractivity contribution < 1.29 is 9.59 Å². The van der Waals surface area contributed by atoms with Gasteiger partial charge in [0.25, 0.3) is 5.91 Å². The zero-order valence-corrected chi connectivity index (χ0v) is 17.1. The average molecular weight is 406 g/mol. The number of hydrogen-bond acceptors (Lipinski definition) is 4. The minimum absolute atomic E-state index is 0.0626. The Morgan fingerprint density at radius 2 is 1.79 bits per heavy atom. The number of carbonyl (C=O) groups excluding carboxylic acids is 2. The van der Waals surface area contributed by atoms with E-state index in [0.29, 0.717) is 17.3 Å². The van der Waals surface area contributed by atoms with Gasteiger partial charge in [-0.25, -0.2) is 4.98 Å². The van der Waals surface area contributed by atoms with Crippen molar-refractivity contribution in [3.8, 4) is 10.6 Å². The Morgan fingerprint density at radius 3 is 2.45 bits per heavy atom. The molecule has 0 radical (unpaired) electrons. The monoisotopic (exact) mass is 405 g/mol. The van der Waals surface area contributed by atoms with Crippen molar-refractivity contribution in [2.45, 2.75) is 38.6 Å². The van der Waals surface area contributed by atoms with Crippen LogP contribution >= 0.6 is 11.3 Å². The van der Waals surface area contributed by atoms with Crippen LogP contribution in [-0.4, -0.2) is 22.8 Å². The van der Waals surface area contributed by atoms with Crippen molar-refractivity contribution in [1.29, 1.82) is 0 Å². The highest BCUT2D eigenvalue weighted by atomic mass is 32.1. The maximum Gasteiger partial charge on any atom is 0.251 e. The second-order valence-corrected chi connectivity index (χ2v) is 8.10. The third kappa shape index (κ3) is 5.09. The van der Waals surface area contributed by atoms with Gasteiger partial charge in [0.15, 0.2) is 0 Å². The van der Waals surface area contributed by atoms with Gasteiger partial charge in [0.05, 0.1) is 12.1 Å². The largest absolute Gasteiger partial charge is 0.349 e. The van der Waals surface area contributed by atoms with Gasteiger partial charge >= 0.3 is 0 Å². The van der Waals surface area contributed by atoms with E-state index in [-0.39, 0.29) is 18.2 Å². The summed E-state index contributed by atoms with van der Waals surface area (Å²) in [5.41, 5.74) is 4.39. The molecule has 0 spiro atoms. The van der Waals surface area contributed by atoms with Gasteiger partial charge in [-0.05, 0) is 49.1 Å². The van der Waals surface area contributed by atoms with Crippen LogP contribution in [0.4, 0.5) is 5.69 Å². The van der Waals surface area contributed by atoms with Gasteiger partial charge in [-0.2, -0.15) is 0 Å². The first-order chi connectivity index (χ1) is 14.1. The summed E-state index contributed by atoms with van der Waals surface area (Å²) in [6.45, 7) is 2.13. The molecular weight excluding hydrogens is 382 g/mol. The molecule has 2 amide bonds. The lowest BCUT2D eigenvalue weighted by atomic mass is 10.1. The Kier molecular flexibility index (Phi) is 5.71. The molecular formula is C23H23N3O2S. The normalized spacial score (nSPS) is 13.1. The fourth-order valence-corrected chi connectivity index (χ4v) is 3.80. The Hall–Kier alpha value is -2.99. The van der Waals surface area contributed by atoms with Crippen molar-refractivity contribution in [1.82, 2.24) is 10.3 Å². The number of nitrogens with zero attached hydrogens (tertiary/aromatic N) is 1. The van der Waals surface area contributed by atoms with Crippen LogP contribution in [0.1, 0.15) is 41.4 Å². The highest BCUT2D eigenvalue weighted by molar-refractivity contribution is 7.13. The summed E-state index contributed by atoms with van der Waals surface area (Å²) >= 11 is 1.54. The molecule has 1 aliphatic carbocycles. The molecule has 6 heteroatoms. The Morgan fingerprint density at radius 1 is 1.07 bits per heavy atom. The number of nitrogens with one attached hydrogen (secondary N) is 2. The van der Waals surface area contributed by atoms with Crippen LogP contribution in [-0.2, 0) is 17.6 Å². The van der Waals surface area contributed by atoms with Crippen LogP contribution in [0.2, 0.25) is 0 Å². The Labute approximate surface area is 174 Å². The van der Waals surface area contributed by atoms with Crippen molar-refractivity contribution in [2.24, 2.45) is 0 Å². The van der Waals surface area contributed by atoms with E-state index in [2.05, 4.69) is 46.8 Å². The van der Waals surface area contributed by atoms with Crippen molar-refractivity contribution >= 4 is 28.8 Å². The SMILES string of the molecule is CCc1ccc(-c2nc(CC(=O)Nc3ccc(C(=O)NC4CC4)cc3)cs2)cc1. The van der Waals surface area contributed by atoms with E-state index in [9.17, 15) is 9.59 Å². The first-order valence-electron chi connectivity index (χ1n) is 9.85. The summed E-state index contributed by atoms with van der Waals surface area (Å²) in [4.78, 5) is 29.0. The van der Waals surface area contributed by atoms with Crippen molar-refractivity contribution in [3.63, 3.8) is 0 Å². The Balaban J connectivity index is 1.33. The number of carbonyl (C=O) groups is 2. The Bertz CT molecular complexity index is 1010. The lowest BCUT2D eigenvalue weighted by Gasteiger charge is -2.06. The van der Waals surface area contributed by atoms with E-state index in [1.165, 1.54) is 5.56 Å². The van der Waals surface area contributed by atoms with Gasteiger partial charge in [-0.1, -0.05) is 31.2 Å². The van der Waals surface area contributed by atoms with Crippen LogP contribution in [0.15, 0.2) is 53.9 Å². The van der Waals surface area contributed by atoms with E-state index in [0.717, 1.165) is 35.5 Å². The minimum atomic E-state index is -0.127. The second kappa shape index (κ2) is 8.57. The zero-order valence-electron chi connectivity index (χ0n) is 16.3. The number of aryl methyl sites for hydroxylation is 1. The van der Waals surface area contributed by atoms with Gasteiger partial charge in [0, 0.05) is 28.2 Å². The van der Waals surface area contributed by atoms with Crippen LogP contribution in [0, 0.1) is 0 Å². The highest BCUT2D eigenvalue weighted by Crippen LogP contribution is 2.24. The molecule has 3 aromatic rings. The van der Waals surface area contributed by atoms with Gasteiger partial charge in [0.1, 0.15) is 5.01 Å². The summed E-state index contributed by atoms with van der Waals surface area (Å²) in [6.07, 6.45) is 3.34. The summed E-state index contributed by atoms with van der Waals surface area (Å²) in [7, 11) is 0. The number of amides is 2. The summed E-state index contributed by atoms with van der Waals surface area (Å²) < 4.78 is 0. The van der Waals surface area contributed by atoms with E-state index in [1.54, 1.807) is 35.6 Å². The summed E-state index contributed by atoms with van der Waals surface area (Å²) in [5, 5.41) is 8.66. The van der Waals surface area contributed by atoms with Crippen LogP contribution in [0.5, 0.6) is 0 Å². The number of aromatic nitrogens is 1. The van der Waals surface area contributed by atoms with E-state index >= 15 is 0 Å². The second-order valence-electron chi connectivity index (χ2n) is 7.24. The van der Waals surface area contributed by atoms with Crippen LogP contribution in [0.3, 0.4) is 0 Å². The number of thiazole rings is 1. The molecule has 2 N–H and O–H groups in total. The van der Waals surface area contributed by atoms with Crippen molar-refractivity contribution in [2.75, 3.05) is 5.32 Å². The molecule has 0 unspecified atom stereocenters. The molecule has 1 fully saturated rings. The van der Waals surface area contributed by atoms with Crippen LogP contribution < -0.4 is 10.6 Å². The molecule has 0 bridgehead atoms. The maximum absolute atomic E-state index is 12.4. The smallest absolute Gasteiger partial charge is 0.251 e. The number of benzene rings is 2.